The molecule has 3 nitrogen and oxygen atoms in total. The summed E-state index contributed by atoms with van der Waals surface area (Å²) in [5.41, 5.74) is 1.71. The summed E-state index contributed by atoms with van der Waals surface area (Å²) in [4.78, 5) is 4.30. The van der Waals surface area contributed by atoms with Gasteiger partial charge in [-0.25, -0.2) is 4.39 Å². The Hall–Kier alpha value is -2.36. The molecule has 0 fully saturated rings. The third-order valence-corrected chi connectivity index (χ3v) is 3.83. The van der Waals surface area contributed by atoms with Crippen molar-refractivity contribution in [1.29, 1.82) is 0 Å². The van der Waals surface area contributed by atoms with Gasteiger partial charge in [0.15, 0.2) is 0 Å². The van der Waals surface area contributed by atoms with E-state index in [1.807, 2.05) is 24.3 Å². The van der Waals surface area contributed by atoms with Crippen molar-refractivity contribution in [3.8, 4) is 11.5 Å². The van der Waals surface area contributed by atoms with Crippen molar-refractivity contribution in [2.45, 2.75) is 26.2 Å². The lowest BCUT2D eigenvalue weighted by molar-refractivity contribution is 0.474. The Bertz CT molecular complexity index is 730. The lowest BCUT2D eigenvalue weighted by Gasteiger charge is -2.19. The van der Waals surface area contributed by atoms with Gasteiger partial charge in [0.1, 0.15) is 23.2 Å². The number of hydrogen-bond donors (Lipinski definition) is 1. The highest BCUT2D eigenvalue weighted by Crippen LogP contribution is 2.30. The minimum Gasteiger partial charge on any atom is -0.456 e. The molecule has 0 aromatic heterocycles. The van der Waals surface area contributed by atoms with Crippen molar-refractivity contribution >= 4 is 5.84 Å². The van der Waals surface area contributed by atoms with Crippen molar-refractivity contribution in [3.05, 3.63) is 59.4 Å². The zero-order chi connectivity index (χ0) is 16.4. The number of benzene rings is 2. The lowest BCUT2D eigenvalue weighted by Crippen LogP contribution is -2.21. The van der Waals surface area contributed by atoms with Crippen LogP contribution in [-0.2, 0) is 5.41 Å². The van der Waals surface area contributed by atoms with Crippen molar-refractivity contribution in [2.24, 2.45) is 4.99 Å². The average molecular weight is 312 g/mol. The highest BCUT2D eigenvalue weighted by molar-refractivity contribution is 6.02. The van der Waals surface area contributed by atoms with Crippen LogP contribution in [0.5, 0.6) is 11.5 Å². The third-order valence-electron chi connectivity index (χ3n) is 3.83. The second-order valence-electron chi connectivity index (χ2n) is 6.65. The number of amidine groups is 1. The molecule has 0 saturated heterocycles. The Labute approximate surface area is 136 Å². The zero-order valence-corrected chi connectivity index (χ0v) is 13.7. The van der Waals surface area contributed by atoms with Crippen LogP contribution < -0.4 is 10.1 Å². The first-order valence-electron chi connectivity index (χ1n) is 7.81. The van der Waals surface area contributed by atoms with Gasteiger partial charge in [0.05, 0.1) is 12.1 Å². The molecule has 3 rings (SSSR count). The molecule has 0 unspecified atom stereocenters. The van der Waals surface area contributed by atoms with Crippen LogP contribution in [-0.4, -0.2) is 18.9 Å². The van der Waals surface area contributed by atoms with E-state index in [2.05, 4.69) is 31.1 Å². The molecule has 1 heterocycles. The molecule has 1 N–H and O–H groups in total. The number of ether oxygens (including phenoxy) is 1. The normalized spacial score (nSPS) is 14.3. The number of hydrogen-bond acceptors (Lipinski definition) is 3. The summed E-state index contributed by atoms with van der Waals surface area (Å²) in [6.07, 6.45) is 0. The van der Waals surface area contributed by atoms with E-state index >= 15 is 0 Å². The number of nitrogens with one attached hydrogen (secondary N) is 1. The molecule has 0 amide bonds. The molecular formula is C19H21FN2O. The maximum absolute atomic E-state index is 14.2. The van der Waals surface area contributed by atoms with Crippen LogP contribution in [0.15, 0.2) is 47.5 Å². The topological polar surface area (TPSA) is 33.6 Å². The summed E-state index contributed by atoms with van der Waals surface area (Å²) >= 11 is 0. The molecular weight excluding hydrogens is 291 g/mol. The molecule has 0 saturated carbocycles. The van der Waals surface area contributed by atoms with Gasteiger partial charge in [-0.3, -0.25) is 4.99 Å². The second-order valence-corrected chi connectivity index (χ2v) is 6.65. The van der Waals surface area contributed by atoms with Crippen LogP contribution in [0.4, 0.5) is 4.39 Å². The average Bonchev–Trinajstić information content (AvgIpc) is 3.01. The Balaban J connectivity index is 1.90. The molecule has 1 aliphatic rings. The summed E-state index contributed by atoms with van der Waals surface area (Å²) in [5, 5.41) is 3.10. The lowest BCUT2D eigenvalue weighted by atomic mass is 9.87. The number of rotatable bonds is 3. The van der Waals surface area contributed by atoms with E-state index in [0.29, 0.717) is 29.4 Å². The fraction of sp³-hybridized carbons (Fsp3) is 0.316. The van der Waals surface area contributed by atoms with Crippen molar-refractivity contribution in [3.63, 3.8) is 0 Å². The van der Waals surface area contributed by atoms with Crippen LogP contribution >= 0.6 is 0 Å². The summed E-state index contributed by atoms with van der Waals surface area (Å²) in [6, 6.07) is 12.7. The summed E-state index contributed by atoms with van der Waals surface area (Å²) in [6.45, 7) is 7.87. The largest absolute Gasteiger partial charge is 0.456 e. The minimum atomic E-state index is -0.332. The van der Waals surface area contributed by atoms with Crippen LogP contribution in [0.3, 0.4) is 0 Å². The Morgan fingerprint density at radius 3 is 2.43 bits per heavy atom. The molecule has 120 valence electrons. The fourth-order valence-corrected chi connectivity index (χ4v) is 2.53. The van der Waals surface area contributed by atoms with Gasteiger partial charge in [0.2, 0.25) is 0 Å². The first kappa shape index (κ1) is 15.5. The van der Waals surface area contributed by atoms with Crippen molar-refractivity contribution in [2.75, 3.05) is 13.1 Å². The fourth-order valence-electron chi connectivity index (χ4n) is 2.53. The van der Waals surface area contributed by atoms with Crippen molar-refractivity contribution < 1.29 is 9.13 Å². The second kappa shape index (κ2) is 6.03. The number of aliphatic imine (C=N–C) groups is 1. The molecule has 0 radical (unpaired) electrons. The highest BCUT2D eigenvalue weighted by atomic mass is 19.1. The molecule has 23 heavy (non-hydrogen) atoms. The van der Waals surface area contributed by atoms with Crippen LogP contribution in [0, 0.1) is 5.82 Å². The van der Waals surface area contributed by atoms with E-state index in [-0.39, 0.29) is 11.2 Å². The van der Waals surface area contributed by atoms with E-state index < -0.39 is 0 Å². The predicted octanol–water partition coefficient (Wildman–Crippen LogP) is 4.27. The van der Waals surface area contributed by atoms with Gasteiger partial charge < -0.3 is 10.1 Å². The smallest absolute Gasteiger partial charge is 0.141 e. The predicted molar refractivity (Wildman–Crippen MR) is 91.0 cm³/mol. The first-order chi connectivity index (χ1) is 10.9. The van der Waals surface area contributed by atoms with Crippen LogP contribution in [0.25, 0.3) is 0 Å². The van der Waals surface area contributed by atoms with Gasteiger partial charge in [-0.05, 0) is 35.2 Å². The highest BCUT2D eigenvalue weighted by Gasteiger charge is 2.19. The molecule has 0 spiro atoms. The van der Waals surface area contributed by atoms with E-state index in [4.69, 9.17) is 4.74 Å². The van der Waals surface area contributed by atoms with Crippen molar-refractivity contribution in [1.82, 2.24) is 5.32 Å². The molecule has 2 aromatic carbocycles. The summed E-state index contributed by atoms with van der Waals surface area (Å²) in [5.74, 6) is 1.39. The number of halogens is 1. The number of nitrogens with zero attached hydrogens (tertiary/aromatic N) is 1. The SMILES string of the molecule is CC(C)(C)c1ccc(Oc2cccc(F)c2C2=NCCN2)cc1. The first-order valence-corrected chi connectivity index (χ1v) is 7.81. The minimum absolute atomic E-state index is 0.0883. The van der Waals surface area contributed by atoms with Gasteiger partial charge in [-0.15, -0.1) is 0 Å². The zero-order valence-electron chi connectivity index (χ0n) is 13.7. The maximum Gasteiger partial charge on any atom is 0.141 e. The van der Waals surface area contributed by atoms with E-state index in [1.165, 1.54) is 11.6 Å². The van der Waals surface area contributed by atoms with Crippen LogP contribution in [0.2, 0.25) is 0 Å². The van der Waals surface area contributed by atoms with Crippen LogP contribution in [0.1, 0.15) is 31.9 Å². The molecule has 4 heteroatoms. The molecule has 2 aromatic rings. The van der Waals surface area contributed by atoms with Gasteiger partial charge in [-0.1, -0.05) is 39.0 Å². The Kier molecular flexibility index (Phi) is 4.07. The van der Waals surface area contributed by atoms with Gasteiger partial charge in [-0.2, -0.15) is 0 Å². The van der Waals surface area contributed by atoms with E-state index in [0.717, 1.165) is 6.54 Å². The van der Waals surface area contributed by atoms with E-state index in [1.54, 1.807) is 12.1 Å². The Morgan fingerprint density at radius 2 is 1.83 bits per heavy atom. The van der Waals surface area contributed by atoms with E-state index in [9.17, 15) is 4.39 Å². The quantitative estimate of drug-likeness (QED) is 0.918. The third kappa shape index (κ3) is 3.36. The molecule has 0 aliphatic carbocycles. The van der Waals surface area contributed by atoms with Gasteiger partial charge >= 0.3 is 0 Å². The summed E-state index contributed by atoms with van der Waals surface area (Å²) < 4.78 is 20.1. The maximum atomic E-state index is 14.2. The monoisotopic (exact) mass is 312 g/mol. The molecule has 0 bridgehead atoms. The Morgan fingerprint density at radius 1 is 1.09 bits per heavy atom. The standard InChI is InChI=1S/C19H21FN2O/c1-19(2,3)13-7-9-14(10-8-13)23-16-6-4-5-15(20)17(16)18-21-11-12-22-18/h4-10H,11-12H2,1-3H3,(H,21,22). The van der Waals surface area contributed by atoms with Gasteiger partial charge in [0.25, 0.3) is 0 Å². The molecule has 1 aliphatic heterocycles. The molecule has 0 atom stereocenters. The van der Waals surface area contributed by atoms with Gasteiger partial charge in [0, 0.05) is 6.54 Å². The summed E-state index contributed by atoms with van der Waals surface area (Å²) in [7, 11) is 0.